The molecule has 1 saturated carbocycles. The zero-order valence-electron chi connectivity index (χ0n) is 16.3. The van der Waals surface area contributed by atoms with Crippen molar-refractivity contribution < 1.29 is 19.1 Å². The van der Waals surface area contributed by atoms with Crippen molar-refractivity contribution in [2.45, 2.75) is 55.9 Å². The van der Waals surface area contributed by atoms with Crippen molar-refractivity contribution in [1.82, 2.24) is 5.32 Å². The Bertz CT molecular complexity index is 910. The van der Waals surface area contributed by atoms with Crippen LogP contribution in [0.1, 0.15) is 32.6 Å². The molecule has 3 N–H and O–H groups in total. The smallest absolute Gasteiger partial charge is 0.246 e. The van der Waals surface area contributed by atoms with E-state index in [1.54, 1.807) is 31.2 Å². The van der Waals surface area contributed by atoms with Gasteiger partial charge in [-0.2, -0.15) is 0 Å². The number of carbonyl (C=O) groups is 3. The van der Waals surface area contributed by atoms with Crippen LogP contribution >= 0.6 is 0 Å². The molecular formula is C22H25N3O4. The molecule has 3 aliphatic heterocycles. The zero-order valence-corrected chi connectivity index (χ0v) is 16.3. The van der Waals surface area contributed by atoms with Crippen LogP contribution < -0.4 is 16.0 Å². The van der Waals surface area contributed by atoms with Gasteiger partial charge in [-0.25, -0.2) is 0 Å². The molecule has 1 aliphatic carbocycles. The van der Waals surface area contributed by atoms with E-state index in [0.717, 1.165) is 25.7 Å². The minimum absolute atomic E-state index is 0.107. The molecule has 29 heavy (non-hydrogen) atoms. The predicted molar refractivity (Wildman–Crippen MR) is 106 cm³/mol. The molecular weight excluding hydrogens is 370 g/mol. The Balaban J connectivity index is 1.61. The van der Waals surface area contributed by atoms with Gasteiger partial charge in [-0.1, -0.05) is 43.2 Å². The number of para-hydroxylation sites is 1. The van der Waals surface area contributed by atoms with Crippen LogP contribution in [0.2, 0.25) is 0 Å². The number of nitrogens with zero attached hydrogens (tertiary/aromatic N) is 1. The maximum Gasteiger partial charge on any atom is 0.246 e. The highest BCUT2D eigenvalue weighted by Gasteiger charge is 2.76. The Kier molecular flexibility index (Phi) is 3.90. The molecule has 0 radical (unpaired) electrons. The Hall–Kier alpha value is -2.67. The number of rotatable bonds is 4. The summed E-state index contributed by atoms with van der Waals surface area (Å²) >= 11 is 0. The maximum atomic E-state index is 13.6. The lowest BCUT2D eigenvalue weighted by Crippen LogP contribution is -2.56. The number of amides is 3. The number of ether oxygens (including phenoxy) is 1. The molecule has 5 rings (SSSR count). The molecule has 3 amide bonds. The molecule has 1 spiro atoms. The van der Waals surface area contributed by atoms with Crippen LogP contribution in [-0.4, -0.2) is 41.0 Å². The number of nitrogens with one attached hydrogen (secondary N) is 1. The average molecular weight is 395 g/mol. The summed E-state index contributed by atoms with van der Waals surface area (Å²) in [6.45, 7) is 1.76. The largest absolute Gasteiger partial charge is 0.369 e. The van der Waals surface area contributed by atoms with Crippen molar-refractivity contribution in [1.29, 1.82) is 0 Å². The zero-order chi connectivity index (χ0) is 20.4. The van der Waals surface area contributed by atoms with E-state index in [0.29, 0.717) is 5.69 Å². The predicted octanol–water partition coefficient (Wildman–Crippen LogP) is 1.28. The summed E-state index contributed by atoms with van der Waals surface area (Å²) in [5.41, 5.74) is 4.15. The molecule has 2 bridgehead atoms. The first-order valence-corrected chi connectivity index (χ1v) is 10.3. The molecule has 7 nitrogen and oxygen atoms in total. The van der Waals surface area contributed by atoms with Crippen LogP contribution in [0.3, 0.4) is 0 Å². The number of fused-ring (bicyclic) bond motifs is 1. The van der Waals surface area contributed by atoms with Gasteiger partial charge in [0.15, 0.2) is 0 Å². The summed E-state index contributed by atoms with van der Waals surface area (Å²) in [5, 5.41) is 3.13. The van der Waals surface area contributed by atoms with Gasteiger partial charge in [0.05, 0.1) is 17.4 Å². The quantitative estimate of drug-likeness (QED) is 0.750. The Morgan fingerprint density at radius 3 is 2.52 bits per heavy atom. The molecule has 2 saturated heterocycles. The third-order valence-corrected chi connectivity index (χ3v) is 6.99. The van der Waals surface area contributed by atoms with Gasteiger partial charge in [-0.15, -0.1) is 0 Å². The second kappa shape index (κ2) is 6.16. The second-order valence-electron chi connectivity index (χ2n) is 8.77. The minimum atomic E-state index is -1.19. The van der Waals surface area contributed by atoms with E-state index in [1.165, 1.54) is 4.90 Å². The van der Waals surface area contributed by atoms with E-state index < -0.39 is 35.0 Å². The van der Waals surface area contributed by atoms with Gasteiger partial charge in [0, 0.05) is 11.7 Å². The molecule has 3 heterocycles. The maximum absolute atomic E-state index is 13.6. The molecule has 7 heteroatoms. The standard InChI is InChI=1S/C22H25N3O4/c1-21-11-12-22(29-21)16(15(21)18(23)26)20(28)25(14-9-3-2-4-10-14)17(22)19(27)24-13-7-5-6-8-13/h2-4,9-13,15-17H,5-8H2,1H3,(H2,23,26)(H,24,27)/t15-,16+,17-,21-,22+/m1/s1. The first kappa shape index (κ1) is 18.4. The summed E-state index contributed by atoms with van der Waals surface area (Å²) in [4.78, 5) is 40.9. The lowest BCUT2D eigenvalue weighted by molar-refractivity contribution is -0.132. The van der Waals surface area contributed by atoms with Gasteiger partial charge >= 0.3 is 0 Å². The summed E-state index contributed by atoms with van der Waals surface area (Å²) in [7, 11) is 0. The fourth-order valence-electron chi connectivity index (χ4n) is 5.79. The highest BCUT2D eigenvalue weighted by Crippen LogP contribution is 2.60. The van der Waals surface area contributed by atoms with E-state index in [-0.39, 0.29) is 17.9 Å². The van der Waals surface area contributed by atoms with E-state index in [2.05, 4.69) is 5.32 Å². The number of nitrogens with two attached hydrogens (primary N) is 1. The third-order valence-electron chi connectivity index (χ3n) is 6.99. The van der Waals surface area contributed by atoms with E-state index in [4.69, 9.17) is 10.5 Å². The fourth-order valence-corrected chi connectivity index (χ4v) is 5.79. The highest BCUT2D eigenvalue weighted by molar-refractivity contribution is 6.10. The average Bonchev–Trinajstić information content (AvgIpc) is 3.42. The molecule has 3 fully saturated rings. The molecule has 4 aliphatic rings. The van der Waals surface area contributed by atoms with E-state index >= 15 is 0 Å². The fraction of sp³-hybridized carbons (Fsp3) is 0.500. The van der Waals surface area contributed by atoms with Crippen molar-refractivity contribution in [2.75, 3.05) is 4.90 Å². The summed E-state index contributed by atoms with van der Waals surface area (Å²) in [6, 6.07) is 8.31. The molecule has 0 aromatic heterocycles. The number of hydrogen-bond donors (Lipinski definition) is 2. The first-order chi connectivity index (χ1) is 13.9. The molecule has 5 atom stereocenters. The van der Waals surface area contributed by atoms with Gasteiger partial charge < -0.3 is 15.8 Å². The third kappa shape index (κ3) is 2.43. The van der Waals surface area contributed by atoms with Crippen molar-refractivity contribution in [3.05, 3.63) is 42.5 Å². The summed E-state index contributed by atoms with van der Waals surface area (Å²) in [6.07, 6.45) is 7.64. The number of anilines is 1. The minimum Gasteiger partial charge on any atom is -0.369 e. The first-order valence-electron chi connectivity index (χ1n) is 10.3. The Morgan fingerprint density at radius 1 is 1.17 bits per heavy atom. The lowest BCUT2D eigenvalue weighted by Gasteiger charge is -2.33. The van der Waals surface area contributed by atoms with E-state index in [9.17, 15) is 14.4 Å². The van der Waals surface area contributed by atoms with Gasteiger partial charge in [-0.05, 0) is 31.9 Å². The van der Waals surface area contributed by atoms with Gasteiger partial charge in [-0.3, -0.25) is 19.3 Å². The van der Waals surface area contributed by atoms with Crippen molar-refractivity contribution in [2.24, 2.45) is 17.6 Å². The molecule has 152 valence electrons. The van der Waals surface area contributed by atoms with Gasteiger partial charge in [0.2, 0.25) is 17.7 Å². The normalized spacial score (nSPS) is 37.9. The second-order valence-corrected chi connectivity index (χ2v) is 8.77. The van der Waals surface area contributed by atoms with Gasteiger partial charge in [0.25, 0.3) is 0 Å². The van der Waals surface area contributed by atoms with Crippen LogP contribution in [0, 0.1) is 11.8 Å². The highest BCUT2D eigenvalue weighted by atomic mass is 16.5. The topological polar surface area (TPSA) is 102 Å². The van der Waals surface area contributed by atoms with E-state index in [1.807, 2.05) is 18.2 Å². The van der Waals surface area contributed by atoms with Crippen LogP contribution in [0.5, 0.6) is 0 Å². The van der Waals surface area contributed by atoms with Crippen molar-refractivity contribution >= 4 is 23.4 Å². The van der Waals surface area contributed by atoms with Crippen LogP contribution in [0.4, 0.5) is 5.69 Å². The van der Waals surface area contributed by atoms with Crippen LogP contribution in [0.15, 0.2) is 42.5 Å². The SMILES string of the molecule is C[C@]12C=C[C@]3(O1)[C@H](C(=O)N(c1ccccc1)[C@@H]3C(=O)NC1CCCC1)[C@@H]2C(N)=O. The summed E-state index contributed by atoms with van der Waals surface area (Å²) < 4.78 is 6.33. The monoisotopic (exact) mass is 395 g/mol. The lowest BCUT2D eigenvalue weighted by atomic mass is 9.70. The molecule has 1 aromatic rings. The number of carbonyl (C=O) groups excluding carboxylic acids is 3. The number of hydrogen-bond acceptors (Lipinski definition) is 4. The Labute approximate surface area is 169 Å². The van der Waals surface area contributed by atoms with Gasteiger partial charge in [0.1, 0.15) is 11.6 Å². The molecule has 0 unspecified atom stereocenters. The van der Waals surface area contributed by atoms with Crippen LogP contribution in [0.25, 0.3) is 0 Å². The summed E-state index contributed by atoms with van der Waals surface area (Å²) in [5.74, 6) is -2.73. The number of benzene rings is 1. The number of primary amides is 1. The van der Waals surface area contributed by atoms with Crippen LogP contribution in [-0.2, 0) is 19.1 Å². The molecule has 1 aromatic carbocycles. The van der Waals surface area contributed by atoms with Crippen molar-refractivity contribution in [3.63, 3.8) is 0 Å². The Morgan fingerprint density at radius 2 is 1.86 bits per heavy atom. The van der Waals surface area contributed by atoms with Crippen molar-refractivity contribution in [3.8, 4) is 0 Å².